The van der Waals surface area contributed by atoms with E-state index in [4.69, 9.17) is 25.8 Å². The van der Waals surface area contributed by atoms with E-state index in [2.05, 4.69) is 19.1 Å². The molecule has 0 atom stereocenters. The summed E-state index contributed by atoms with van der Waals surface area (Å²) in [5.41, 5.74) is 4.85. The van der Waals surface area contributed by atoms with Crippen molar-refractivity contribution in [3.05, 3.63) is 76.3 Å². The average molecular weight is 449 g/mol. The minimum absolute atomic E-state index is 0.238. The van der Waals surface area contributed by atoms with Crippen molar-refractivity contribution in [2.75, 3.05) is 13.4 Å². The molecule has 2 aliphatic rings. The molecule has 0 saturated heterocycles. The van der Waals surface area contributed by atoms with E-state index in [1.165, 1.54) is 0 Å². The average Bonchev–Trinajstić information content (AvgIpc) is 3.47. The van der Waals surface area contributed by atoms with Crippen LogP contribution >= 0.6 is 11.6 Å². The molecule has 1 aliphatic heterocycles. The quantitative estimate of drug-likeness (QED) is 0.426. The number of rotatable bonds is 7. The Bertz CT molecular complexity index is 1200. The molecule has 164 valence electrons. The lowest BCUT2D eigenvalue weighted by Crippen LogP contribution is -2.22. The fourth-order valence-corrected chi connectivity index (χ4v) is 4.67. The second-order valence-corrected chi connectivity index (χ2v) is 8.88. The van der Waals surface area contributed by atoms with Gasteiger partial charge in [0, 0.05) is 6.42 Å². The number of fused-ring (bicyclic) bond motifs is 1. The molecule has 0 spiro atoms. The van der Waals surface area contributed by atoms with Gasteiger partial charge in [0.1, 0.15) is 11.5 Å². The van der Waals surface area contributed by atoms with Gasteiger partial charge in [-0.1, -0.05) is 41.9 Å². The zero-order chi connectivity index (χ0) is 22.3. The zero-order valence-corrected chi connectivity index (χ0v) is 19.0. The first-order valence-corrected chi connectivity index (χ1v) is 11.3. The summed E-state index contributed by atoms with van der Waals surface area (Å²) in [6.45, 7) is 4.81. The summed E-state index contributed by atoms with van der Waals surface area (Å²) in [6, 6.07) is 17.9. The predicted molar refractivity (Wildman–Crippen MR) is 125 cm³/mol. The van der Waals surface area contributed by atoms with Crippen LogP contribution in [0.2, 0.25) is 5.02 Å². The summed E-state index contributed by atoms with van der Waals surface area (Å²) in [7, 11) is 0. The van der Waals surface area contributed by atoms with Gasteiger partial charge in [0.2, 0.25) is 6.79 Å². The van der Waals surface area contributed by atoms with Crippen LogP contribution in [0.3, 0.4) is 0 Å². The van der Waals surface area contributed by atoms with E-state index in [1.807, 2.05) is 49.4 Å². The molecule has 5 heteroatoms. The van der Waals surface area contributed by atoms with E-state index in [0.717, 1.165) is 52.2 Å². The molecule has 1 aliphatic carbocycles. The fourth-order valence-electron chi connectivity index (χ4n) is 4.43. The molecule has 1 fully saturated rings. The van der Waals surface area contributed by atoms with Crippen molar-refractivity contribution in [2.45, 2.75) is 38.5 Å². The smallest absolute Gasteiger partial charge is 0.231 e. The summed E-state index contributed by atoms with van der Waals surface area (Å²) in [6.07, 6.45) is 2.14. The molecule has 3 aromatic carbocycles. The summed E-state index contributed by atoms with van der Waals surface area (Å²) in [5, 5.41) is 0.588. The first kappa shape index (κ1) is 20.9. The maximum atomic E-state index is 13.4. The number of ketones is 1. The van der Waals surface area contributed by atoms with Crippen LogP contribution in [-0.2, 0) is 16.6 Å². The molecule has 0 aromatic heterocycles. The molecule has 3 aromatic rings. The van der Waals surface area contributed by atoms with Crippen molar-refractivity contribution < 1.29 is 19.0 Å². The van der Waals surface area contributed by atoms with Crippen LogP contribution in [-0.4, -0.2) is 19.2 Å². The van der Waals surface area contributed by atoms with Gasteiger partial charge in [-0.3, -0.25) is 4.79 Å². The second-order valence-electron chi connectivity index (χ2n) is 8.48. The molecule has 0 bridgehead atoms. The molecule has 4 nitrogen and oxygen atoms in total. The van der Waals surface area contributed by atoms with Gasteiger partial charge in [-0.05, 0) is 78.8 Å². The van der Waals surface area contributed by atoms with Crippen molar-refractivity contribution in [1.29, 1.82) is 0 Å². The third kappa shape index (κ3) is 3.73. The second kappa shape index (κ2) is 8.18. The largest absolute Gasteiger partial charge is 0.492 e. The fraction of sp³-hybridized carbons (Fsp3) is 0.296. The van der Waals surface area contributed by atoms with Gasteiger partial charge >= 0.3 is 0 Å². The van der Waals surface area contributed by atoms with Crippen LogP contribution in [0.5, 0.6) is 17.2 Å². The SMILES string of the molecule is CCOc1ccc(-c2cc(CC(=O)C3(c4ccc5c(c4)OCO5)CC3)ccc2C)cc1Cl. The Morgan fingerprint density at radius 1 is 1.03 bits per heavy atom. The minimum Gasteiger partial charge on any atom is -0.492 e. The Labute approximate surface area is 193 Å². The molecule has 0 radical (unpaired) electrons. The van der Waals surface area contributed by atoms with Gasteiger partial charge in [0.05, 0.1) is 17.0 Å². The van der Waals surface area contributed by atoms with E-state index in [9.17, 15) is 4.79 Å². The van der Waals surface area contributed by atoms with Crippen LogP contribution in [0.25, 0.3) is 11.1 Å². The summed E-state index contributed by atoms with van der Waals surface area (Å²) < 4.78 is 16.5. The van der Waals surface area contributed by atoms with E-state index < -0.39 is 5.41 Å². The summed E-state index contributed by atoms with van der Waals surface area (Å²) in [4.78, 5) is 13.4. The Hall–Kier alpha value is -2.98. The Morgan fingerprint density at radius 3 is 2.59 bits per heavy atom. The minimum atomic E-state index is -0.408. The highest BCUT2D eigenvalue weighted by Crippen LogP contribution is 2.51. The van der Waals surface area contributed by atoms with E-state index >= 15 is 0 Å². The molecule has 5 rings (SSSR count). The Balaban J connectivity index is 1.39. The molecule has 0 unspecified atom stereocenters. The van der Waals surface area contributed by atoms with Crippen molar-refractivity contribution in [3.8, 4) is 28.4 Å². The summed E-state index contributed by atoms with van der Waals surface area (Å²) in [5.74, 6) is 2.40. The van der Waals surface area contributed by atoms with Gasteiger partial charge in [-0.15, -0.1) is 0 Å². The number of aryl methyl sites for hydroxylation is 1. The van der Waals surface area contributed by atoms with Crippen molar-refractivity contribution >= 4 is 17.4 Å². The van der Waals surface area contributed by atoms with E-state index in [0.29, 0.717) is 23.8 Å². The highest BCUT2D eigenvalue weighted by Gasteiger charge is 2.50. The van der Waals surface area contributed by atoms with Crippen LogP contribution in [0.4, 0.5) is 0 Å². The maximum Gasteiger partial charge on any atom is 0.231 e. The molecule has 0 N–H and O–H groups in total. The van der Waals surface area contributed by atoms with Gasteiger partial charge in [-0.25, -0.2) is 0 Å². The normalized spacial score (nSPS) is 15.5. The lowest BCUT2D eigenvalue weighted by atomic mass is 9.87. The van der Waals surface area contributed by atoms with Gasteiger partial charge in [-0.2, -0.15) is 0 Å². The number of halogens is 1. The number of hydrogen-bond donors (Lipinski definition) is 0. The van der Waals surface area contributed by atoms with E-state index in [-0.39, 0.29) is 12.6 Å². The van der Waals surface area contributed by atoms with E-state index in [1.54, 1.807) is 0 Å². The van der Waals surface area contributed by atoms with Crippen molar-refractivity contribution in [2.24, 2.45) is 0 Å². The van der Waals surface area contributed by atoms with Crippen LogP contribution < -0.4 is 14.2 Å². The zero-order valence-electron chi connectivity index (χ0n) is 18.2. The number of Topliss-reactive ketones (excluding diaryl/α,β-unsaturated/α-hetero) is 1. The number of benzene rings is 3. The van der Waals surface area contributed by atoms with Crippen molar-refractivity contribution in [1.82, 2.24) is 0 Å². The molecular formula is C27H25ClO4. The highest BCUT2D eigenvalue weighted by molar-refractivity contribution is 6.32. The topological polar surface area (TPSA) is 44.8 Å². The van der Waals surface area contributed by atoms with Crippen LogP contribution in [0.15, 0.2) is 54.6 Å². The van der Waals surface area contributed by atoms with Gasteiger partial charge in [0.15, 0.2) is 11.5 Å². The number of carbonyl (C=O) groups excluding carboxylic acids is 1. The lowest BCUT2D eigenvalue weighted by molar-refractivity contribution is -0.120. The van der Waals surface area contributed by atoms with Crippen LogP contribution in [0, 0.1) is 6.92 Å². The third-order valence-electron chi connectivity index (χ3n) is 6.42. The molecule has 1 saturated carbocycles. The molecular weight excluding hydrogens is 424 g/mol. The molecule has 1 heterocycles. The summed E-state index contributed by atoms with van der Waals surface area (Å²) >= 11 is 6.41. The molecule has 0 amide bonds. The predicted octanol–water partition coefficient (Wildman–Crippen LogP) is 6.29. The standard InChI is InChI=1S/C27H25ClO4/c1-3-30-23-8-6-19(14-22(23)28)21-12-18(5-4-17(21)2)13-26(29)27(10-11-27)20-7-9-24-25(15-20)32-16-31-24/h4-9,12,14-15H,3,10-11,13,16H2,1-2H3. The molecule has 32 heavy (non-hydrogen) atoms. The first-order chi connectivity index (χ1) is 15.5. The first-order valence-electron chi connectivity index (χ1n) is 11.0. The lowest BCUT2D eigenvalue weighted by Gasteiger charge is -2.16. The monoisotopic (exact) mass is 448 g/mol. The third-order valence-corrected chi connectivity index (χ3v) is 6.71. The number of carbonyl (C=O) groups is 1. The van der Waals surface area contributed by atoms with Gasteiger partial charge < -0.3 is 14.2 Å². The Kier molecular flexibility index (Phi) is 5.34. The van der Waals surface area contributed by atoms with Crippen LogP contribution in [0.1, 0.15) is 36.5 Å². The van der Waals surface area contributed by atoms with Crippen molar-refractivity contribution in [3.63, 3.8) is 0 Å². The number of hydrogen-bond acceptors (Lipinski definition) is 4. The maximum absolute atomic E-state index is 13.4. The Morgan fingerprint density at radius 2 is 1.84 bits per heavy atom. The van der Waals surface area contributed by atoms with Gasteiger partial charge in [0.25, 0.3) is 0 Å². The number of ether oxygens (including phenoxy) is 3. The highest BCUT2D eigenvalue weighted by atomic mass is 35.5.